The maximum Gasteiger partial charge on any atom is 0.0700 e. The molecule has 4 aliphatic rings. The van der Waals surface area contributed by atoms with E-state index in [0.29, 0.717) is 10.8 Å². The van der Waals surface area contributed by atoms with Crippen molar-refractivity contribution in [1.29, 1.82) is 0 Å². The molecule has 1 heterocycles. The SMILES string of the molecule is C/C=C1/CCC2C3CC=C4CCOCCOCC[C@]4(C)C3CC[C@]12C. The Balaban J connectivity index is 1.64. The summed E-state index contributed by atoms with van der Waals surface area (Å²) in [6.45, 7) is 10.6. The van der Waals surface area contributed by atoms with Gasteiger partial charge in [0.05, 0.1) is 19.8 Å². The molecular weight excluding hydrogens is 308 g/mol. The molecule has 4 rings (SSSR count). The summed E-state index contributed by atoms with van der Waals surface area (Å²) < 4.78 is 11.7. The van der Waals surface area contributed by atoms with Crippen LogP contribution in [0.4, 0.5) is 0 Å². The molecule has 0 radical (unpaired) electrons. The Kier molecular flexibility index (Phi) is 4.88. The van der Waals surface area contributed by atoms with Crippen LogP contribution in [0.3, 0.4) is 0 Å². The van der Waals surface area contributed by atoms with Crippen LogP contribution in [0, 0.1) is 28.6 Å². The summed E-state index contributed by atoms with van der Waals surface area (Å²) in [4.78, 5) is 0. The van der Waals surface area contributed by atoms with Gasteiger partial charge in [-0.05, 0) is 80.5 Å². The number of hydrogen-bond donors (Lipinski definition) is 0. The third kappa shape index (κ3) is 2.84. The highest BCUT2D eigenvalue weighted by Crippen LogP contribution is 2.65. The zero-order valence-electron chi connectivity index (χ0n) is 16.5. The van der Waals surface area contributed by atoms with E-state index in [-0.39, 0.29) is 0 Å². The molecule has 2 saturated carbocycles. The van der Waals surface area contributed by atoms with Gasteiger partial charge >= 0.3 is 0 Å². The van der Waals surface area contributed by atoms with Crippen molar-refractivity contribution in [1.82, 2.24) is 0 Å². The van der Waals surface area contributed by atoms with Gasteiger partial charge in [-0.3, -0.25) is 0 Å². The van der Waals surface area contributed by atoms with E-state index in [1.54, 1.807) is 11.1 Å². The van der Waals surface area contributed by atoms with E-state index >= 15 is 0 Å². The van der Waals surface area contributed by atoms with Gasteiger partial charge in [-0.1, -0.05) is 37.1 Å². The van der Waals surface area contributed by atoms with Gasteiger partial charge in [-0.15, -0.1) is 0 Å². The summed E-state index contributed by atoms with van der Waals surface area (Å²) in [7, 11) is 0. The van der Waals surface area contributed by atoms with Crippen LogP contribution in [0.1, 0.15) is 65.7 Å². The minimum Gasteiger partial charge on any atom is -0.379 e. The number of fused-ring (bicyclic) bond motifs is 5. The van der Waals surface area contributed by atoms with E-state index in [1.165, 1.54) is 38.5 Å². The van der Waals surface area contributed by atoms with Gasteiger partial charge in [-0.2, -0.15) is 0 Å². The molecule has 0 aromatic carbocycles. The maximum absolute atomic E-state index is 5.88. The van der Waals surface area contributed by atoms with Crippen LogP contribution in [-0.2, 0) is 9.47 Å². The van der Waals surface area contributed by atoms with Gasteiger partial charge in [0.1, 0.15) is 0 Å². The zero-order chi connectivity index (χ0) is 17.5. The van der Waals surface area contributed by atoms with E-state index in [9.17, 15) is 0 Å². The second kappa shape index (κ2) is 6.85. The van der Waals surface area contributed by atoms with Crippen molar-refractivity contribution in [3.8, 4) is 0 Å². The van der Waals surface area contributed by atoms with Gasteiger partial charge in [0.2, 0.25) is 0 Å². The van der Waals surface area contributed by atoms with Crippen molar-refractivity contribution >= 4 is 0 Å². The summed E-state index contributed by atoms with van der Waals surface area (Å²) in [6.07, 6.45) is 14.2. The van der Waals surface area contributed by atoms with Crippen LogP contribution >= 0.6 is 0 Å². The molecule has 25 heavy (non-hydrogen) atoms. The molecule has 1 saturated heterocycles. The predicted octanol–water partition coefficient (Wildman–Crippen LogP) is 5.54. The Morgan fingerprint density at radius 1 is 0.920 bits per heavy atom. The van der Waals surface area contributed by atoms with E-state index < -0.39 is 0 Å². The van der Waals surface area contributed by atoms with Crippen molar-refractivity contribution in [3.63, 3.8) is 0 Å². The fourth-order valence-electron chi connectivity index (χ4n) is 7.00. The monoisotopic (exact) mass is 344 g/mol. The van der Waals surface area contributed by atoms with Crippen molar-refractivity contribution in [2.24, 2.45) is 28.6 Å². The van der Waals surface area contributed by atoms with Crippen molar-refractivity contribution < 1.29 is 9.47 Å². The summed E-state index contributed by atoms with van der Waals surface area (Å²) in [5, 5.41) is 0. The van der Waals surface area contributed by atoms with Crippen LogP contribution in [0.15, 0.2) is 23.3 Å². The molecule has 2 heteroatoms. The standard InChI is InChI=1S/C23H36O2/c1-4-17-6-8-20-19-7-5-18-10-13-24-15-16-25-14-12-23(18,3)21(19)9-11-22(17,20)2/h4-5,19-21H,6-16H2,1-3H3/b17-4-/t19?,20?,21?,22-,23+/m1/s1. The number of rotatable bonds is 0. The van der Waals surface area contributed by atoms with Crippen LogP contribution in [-0.4, -0.2) is 26.4 Å². The molecule has 0 bridgehead atoms. The first-order valence-electron chi connectivity index (χ1n) is 10.6. The summed E-state index contributed by atoms with van der Waals surface area (Å²) >= 11 is 0. The molecular formula is C23H36O2. The fourth-order valence-corrected chi connectivity index (χ4v) is 7.00. The Labute approximate surface area is 154 Å². The summed E-state index contributed by atoms with van der Waals surface area (Å²) in [5.41, 5.74) is 4.22. The summed E-state index contributed by atoms with van der Waals surface area (Å²) in [6, 6.07) is 0. The molecule has 3 fully saturated rings. The number of allylic oxidation sites excluding steroid dienone is 3. The molecule has 5 atom stereocenters. The highest BCUT2D eigenvalue weighted by Gasteiger charge is 2.56. The lowest BCUT2D eigenvalue weighted by Gasteiger charge is -2.56. The first-order chi connectivity index (χ1) is 12.1. The first kappa shape index (κ1) is 17.8. The first-order valence-corrected chi connectivity index (χ1v) is 10.6. The molecule has 0 amide bonds. The molecule has 0 aromatic rings. The Morgan fingerprint density at radius 2 is 1.68 bits per heavy atom. The normalized spacial score (nSPS) is 46.8. The average Bonchev–Trinajstić information content (AvgIpc) is 2.95. The zero-order valence-corrected chi connectivity index (χ0v) is 16.5. The second-order valence-corrected chi connectivity index (χ2v) is 9.29. The third-order valence-electron chi connectivity index (χ3n) is 8.48. The largest absolute Gasteiger partial charge is 0.379 e. The van der Waals surface area contributed by atoms with E-state index in [0.717, 1.165) is 50.6 Å². The van der Waals surface area contributed by atoms with E-state index in [2.05, 4.69) is 32.9 Å². The van der Waals surface area contributed by atoms with Crippen molar-refractivity contribution in [2.75, 3.05) is 26.4 Å². The number of hydrogen-bond acceptors (Lipinski definition) is 2. The molecule has 0 spiro atoms. The molecule has 0 N–H and O–H groups in total. The highest BCUT2D eigenvalue weighted by molar-refractivity contribution is 5.28. The minimum absolute atomic E-state index is 0.323. The van der Waals surface area contributed by atoms with Crippen LogP contribution in [0.25, 0.3) is 0 Å². The molecule has 0 aromatic heterocycles. The number of ether oxygens (including phenoxy) is 2. The second-order valence-electron chi connectivity index (χ2n) is 9.29. The molecule has 3 unspecified atom stereocenters. The molecule has 3 aliphatic carbocycles. The summed E-state index contributed by atoms with van der Waals surface area (Å²) in [5.74, 6) is 2.60. The lowest BCUT2D eigenvalue weighted by atomic mass is 9.49. The van der Waals surface area contributed by atoms with Crippen LogP contribution in [0.2, 0.25) is 0 Å². The quantitative estimate of drug-likeness (QED) is 0.537. The van der Waals surface area contributed by atoms with Gasteiger partial charge in [0.15, 0.2) is 0 Å². The smallest absolute Gasteiger partial charge is 0.0700 e. The third-order valence-corrected chi connectivity index (χ3v) is 8.48. The van der Waals surface area contributed by atoms with Crippen molar-refractivity contribution in [2.45, 2.75) is 65.7 Å². The topological polar surface area (TPSA) is 18.5 Å². The highest BCUT2D eigenvalue weighted by atomic mass is 16.5. The van der Waals surface area contributed by atoms with Gasteiger partial charge in [0, 0.05) is 6.61 Å². The van der Waals surface area contributed by atoms with Gasteiger partial charge in [-0.25, -0.2) is 0 Å². The Morgan fingerprint density at radius 3 is 2.48 bits per heavy atom. The van der Waals surface area contributed by atoms with Gasteiger partial charge < -0.3 is 9.47 Å². The van der Waals surface area contributed by atoms with Crippen LogP contribution in [0.5, 0.6) is 0 Å². The van der Waals surface area contributed by atoms with Crippen LogP contribution < -0.4 is 0 Å². The average molecular weight is 345 g/mol. The Hall–Kier alpha value is -0.600. The van der Waals surface area contributed by atoms with E-state index in [4.69, 9.17) is 9.47 Å². The van der Waals surface area contributed by atoms with Gasteiger partial charge in [0.25, 0.3) is 0 Å². The van der Waals surface area contributed by atoms with Crippen molar-refractivity contribution in [3.05, 3.63) is 23.3 Å². The Bertz CT molecular complexity index is 562. The minimum atomic E-state index is 0.323. The molecule has 2 nitrogen and oxygen atoms in total. The van der Waals surface area contributed by atoms with E-state index in [1.807, 2.05) is 0 Å². The molecule has 140 valence electrons. The maximum atomic E-state index is 5.88. The lowest BCUT2D eigenvalue weighted by Crippen LogP contribution is -2.48. The predicted molar refractivity (Wildman–Crippen MR) is 102 cm³/mol. The fraction of sp³-hybridized carbons (Fsp3) is 0.826. The lowest BCUT2D eigenvalue weighted by molar-refractivity contribution is -0.0327. The molecule has 1 aliphatic heterocycles.